The monoisotopic (exact) mass is 454 g/mol. The zero-order chi connectivity index (χ0) is 24.2. The minimum atomic E-state index is -0.704. The zero-order valence-electron chi connectivity index (χ0n) is 22.1. The van der Waals surface area contributed by atoms with Crippen LogP contribution in [-0.4, -0.2) is 22.3 Å². The van der Waals surface area contributed by atoms with Gasteiger partial charge in [-0.3, -0.25) is 4.79 Å². The fourth-order valence-corrected chi connectivity index (χ4v) is 10.6. The number of hydrogen-bond acceptors (Lipinski definition) is 2. The molecule has 5 aliphatic rings. The van der Waals surface area contributed by atoms with Crippen molar-refractivity contribution in [1.29, 1.82) is 0 Å². The molecule has 3 heteroatoms. The molecule has 0 aromatic heterocycles. The van der Waals surface area contributed by atoms with Gasteiger partial charge in [-0.05, 0) is 117 Å². The summed E-state index contributed by atoms with van der Waals surface area (Å²) in [6.07, 6.45) is 11.0. The highest BCUT2D eigenvalue weighted by Crippen LogP contribution is 2.76. The van der Waals surface area contributed by atoms with Crippen molar-refractivity contribution < 1.29 is 15.0 Å². The first-order valence-corrected chi connectivity index (χ1v) is 13.6. The largest absolute Gasteiger partial charge is 0.481 e. The Bertz CT molecular complexity index is 942. The van der Waals surface area contributed by atoms with Gasteiger partial charge in [-0.2, -0.15) is 0 Å². The number of rotatable bonds is 1. The van der Waals surface area contributed by atoms with Crippen LogP contribution in [0.1, 0.15) is 106 Å². The maximum atomic E-state index is 12.8. The van der Waals surface area contributed by atoms with Crippen LogP contribution in [0.3, 0.4) is 0 Å². The molecule has 184 valence electrons. The number of hydrogen-bond donors (Lipinski definition) is 2. The lowest BCUT2D eigenvalue weighted by Crippen LogP contribution is -2.67. The quantitative estimate of drug-likeness (QED) is 0.442. The smallest absolute Gasteiger partial charge is 0.314 e. The SMILES string of the molecule is CC1=CC[C@]2(C(=O)O)CC[C@]3(C)[C@H](CC[C@@H]4[C@@]5(C)C(O)CCC(C)(C)[C@@H]5CC[C@]43C)C2=C1C. The Morgan fingerprint density at radius 1 is 0.879 bits per heavy atom. The molecule has 4 saturated carbocycles. The number of carboxylic acid groups (broad SMARTS) is 1. The lowest BCUT2D eigenvalue weighted by molar-refractivity contribution is -0.244. The number of aliphatic hydroxyl groups excluding tert-OH is 1. The van der Waals surface area contributed by atoms with Gasteiger partial charge in [0.2, 0.25) is 0 Å². The number of aliphatic carboxylic acids is 1. The van der Waals surface area contributed by atoms with Gasteiger partial charge in [0.25, 0.3) is 0 Å². The molecule has 2 N–H and O–H groups in total. The Hall–Kier alpha value is -1.09. The summed E-state index contributed by atoms with van der Waals surface area (Å²) < 4.78 is 0. The first kappa shape index (κ1) is 23.6. The van der Waals surface area contributed by atoms with Crippen LogP contribution < -0.4 is 0 Å². The molecule has 0 aromatic rings. The lowest BCUT2D eigenvalue weighted by Gasteiger charge is -2.72. The molecule has 5 rings (SSSR count). The summed E-state index contributed by atoms with van der Waals surface area (Å²) in [5, 5.41) is 22.0. The normalized spacial score (nSPS) is 51.0. The van der Waals surface area contributed by atoms with E-state index in [1.54, 1.807) is 0 Å². The summed E-state index contributed by atoms with van der Waals surface area (Å²) in [5.41, 5.74) is 3.53. The summed E-state index contributed by atoms with van der Waals surface area (Å²) in [6.45, 7) is 16.7. The van der Waals surface area contributed by atoms with Crippen molar-refractivity contribution in [2.75, 3.05) is 0 Å². The molecule has 0 aliphatic heterocycles. The van der Waals surface area contributed by atoms with Crippen LogP contribution >= 0.6 is 0 Å². The van der Waals surface area contributed by atoms with Crippen LogP contribution in [-0.2, 0) is 4.79 Å². The van der Waals surface area contributed by atoms with Gasteiger partial charge in [0.05, 0.1) is 11.5 Å². The molecule has 0 aromatic carbocycles. The van der Waals surface area contributed by atoms with Gasteiger partial charge in [0.15, 0.2) is 0 Å². The third-order valence-corrected chi connectivity index (χ3v) is 12.9. The molecule has 0 heterocycles. The van der Waals surface area contributed by atoms with Crippen LogP contribution in [0.15, 0.2) is 22.8 Å². The molecule has 5 aliphatic carbocycles. The molecule has 0 amide bonds. The molecular weight excluding hydrogens is 408 g/mol. The van der Waals surface area contributed by atoms with E-state index in [4.69, 9.17) is 0 Å². The standard InChI is InChI=1S/C30H46O3/c1-18-10-15-30(25(32)33)17-16-27(5)20(24(30)19(18)2)8-9-22-28(27,6)14-11-21-26(3,4)13-12-23(31)29(21,22)7/h10,20-23,31H,8-9,11-17H2,1-7H3,(H,32,33)/t20-,21+,22+,23?,27-,28-,29+,30+/m1/s1. The number of fused-ring (bicyclic) bond motifs is 7. The van der Waals surface area contributed by atoms with Gasteiger partial charge < -0.3 is 10.2 Å². The second-order valence-electron chi connectivity index (χ2n) is 14.0. The van der Waals surface area contributed by atoms with E-state index >= 15 is 0 Å². The minimum absolute atomic E-state index is 0.0458. The van der Waals surface area contributed by atoms with Crippen LogP contribution in [0.5, 0.6) is 0 Å². The van der Waals surface area contributed by atoms with Crippen LogP contribution in [0.2, 0.25) is 0 Å². The highest BCUT2D eigenvalue weighted by molar-refractivity contribution is 5.81. The number of allylic oxidation sites excluding steroid dienone is 3. The summed E-state index contributed by atoms with van der Waals surface area (Å²) in [5.74, 6) is 0.781. The van der Waals surface area contributed by atoms with Crippen LogP contribution in [0, 0.1) is 44.8 Å². The topological polar surface area (TPSA) is 57.5 Å². The van der Waals surface area contributed by atoms with Crippen LogP contribution in [0.4, 0.5) is 0 Å². The predicted molar refractivity (Wildman–Crippen MR) is 133 cm³/mol. The second-order valence-corrected chi connectivity index (χ2v) is 14.0. The van der Waals surface area contributed by atoms with E-state index in [1.807, 2.05) is 0 Å². The number of carbonyl (C=O) groups is 1. The lowest BCUT2D eigenvalue weighted by atomic mass is 9.32. The fraction of sp³-hybridized carbons (Fsp3) is 0.833. The van der Waals surface area contributed by atoms with E-state index in [-0.39, 0.29) is 27.8 Å². The van der Waals surface area contributed by atoms with E-state index in [2.05, 4.69) is 54.5 Å². The van der Waals surface area contributed by atoms with E-state index in [9.17, 15) is 15.0 Å². The Labute approximate surface area is 201 Å². The van der Waals surface area contributed by atoms with Gasteiger partial charge in [0, 0.05) is 5.41 Å². The molecule has 1 unspecified atom stereocenters. The van der Waals surface area contributed by atoms with Crippen molar-refractivity contribution >= 4 is 5.97 Å². The third kappa shape index (κ3) is 2.69. The molecule has 33 heavy (non-hydrogen) atoms. The Kier molecular flexibility index (Phi) is 5.01. The van der Waals surface area contributed by atoms with Crippen molar-refractivity contribution in [2.45, 2.75) is 112 Å². The molecular formula is C30H46O3. The van der Waals surface area contributed by atoms with E-state index in [0.29, 0.717) is 24.2 Å². The molecule has 0 saturated heterocycles. The van der Waals surface area contributed by atoms with Crippen molar-refractivity contribution in [2.24, 2.45) is 44.8 Å². The Morgan fingerprint density at radius 2 is 1.58 bits per heavy atom. The van der Waals surface area contributed by atoms with Gasteiger partial charge in [-0.1, -0.05) is 46.3 Å². The van der Waals surface area contributed by atoms with Gasteiger partial charge >= 0.3 is 5.97 Å². The number of carboxylic acids is 1. The summed E-state index contributed by atoms with van der Waals surface area (Å²) >= 11 is 0. The highest BCUT2D eigenvalue weighted by atomic mass is 16.4. The van der Waals surface area contributed by atoms with E-state index < -0.39 is 11.4 Å². The average Bonchev–Trinajstić information content (AvgIpc) is 2.74. The van der Waals surface area contributed by atoms with Gasteiger partial charge in [-0.15, -0.1) is 0 Å². The molecule has 0 spiro atoms. The first-order chi connectivity index (χ1) is 15.3. The maximum Gasteiger partial charge on any atom is 0.314 e. The van der Waals surface area contributed by atoms with Gasteiger partial charge in [0.1, 0.15) is 0 Å². The van der Waals surface area contributed by atoms with Crippen molar-refractivity contribution in [1.82, 2.24) is 0 Å². The van der Waals surface area contributed by atoms with Crippen LogP contribution in [0.25, 0.3) is 0 Å². The summed E-state index contributed by atoms with van der Waals surface area (Å²) in [6, 6.07) is 0. The molecule has 8 atom stereocenters. The fourth-order valence-electron chi connectivity index (χ4n) is 10.6. The molecule has 3 nitrogen and oxygen atoms in total. The Morgan fingerprint density at radius 3 is 2.24 bits per heavy atom. The van der Waals surface area contributed by atoms with Gasteiger partial charge in [-0.25, -0.2) is 0 Å². The highest BCUT2D eigenvalue weighted by Gasteiger charge is 2.70. The molecule has 0 bridgehead atoms. The predicted octanol–water partition coefficient (Wildman–Crippen LogP) is 7.15. The van der Waals surface area contributed by atoms with E-state index in [0.717, 1.165) is 38.5 Å². The summed E-state index contributed by atoms with van der Waals surface area (Å²) in [4.78, 5) is 12.8. The molecule has 4 fully saturated rings. The number of aliphatic hydroxyl groups is 1. The third-order valence-electron chi connectivity index (χ3n) is 12.9. The second kappa shape index (κ2) is 6.99. The van der Waals surface area contributed by atoms with Crippen molar-refractivity contribution in [3.8, 4) is 0 Å². The minimum Gasteiger partial charge on any atom is -0.481 e. The van der Waals surface area contributed by atoms with Crippen molar-refractivity contribution in [3.63, 3.8) is 0 Å². The summed E-state index contributed by atoms with van der Waals surface area (Å²) in [7, 11) is 0. The zero-order valence-corrected chi connectivity index (χ0v) is 22.1. The average molecular weight is 455 g/mol. The Balaban J connectivity index is 1.63. The van der Waals surface area contributed by atoms with Crippen molar-refractivity contribution in [3.05, 3.63) is 22.8 Å². The first-order valence-electron chi connectivity index (χ1n) is 13.6. The molecule has 0 radical (unpaired) electrons. The van der Waals surface area contributed by atoms with E-state index in [1.165, 1.54) is 29.6 Å². The maximum absolute atomic E-state index is 12.8.